The van der Waals surface area contributed by atoms with E-state index in [1.54, 1.807) is 0 Å². The lowest BCUT2D eigenvalue weighted by molar-refractivity contribution is 0.0534. The zero-order chi connectivity index (χ0) is 21.5. The molecule has 0 bridgehead atoms. The summed E-state index contributed by atoms with van der Waals surface area (Å²) < 4.78 is 5.92. The fourth-order valence-corrected chi connectivity index (χ4v) is 4.50. The number of piperidine rings is 1. The lowest BCUT2D eigenvalue weighted by Crippen LogP contribution is -2.56. The summed E-state index contributed by atoms with van der Waals surface area (Å²) in [5.41, 5.74) is 2.93. The van der Waals surface area contributed by atoms with E-state index in [9.17, 15) is 0 Å². The predicted molar refractivity (Wildman–Crippen MR) is 126 cm³/mol. The Morgan fingerprint density at radius 1 is 1.30 bits per heavy atom. The minimum atomic E-state index is 0.131. The Labute approximate surface area is 181 Å². The van der Waals surface area contributed by atoms with Gasteiger partial charge in [-0.05, 0) is 58.4 Å². The maximum absolute atomic E-state index is 5.92. The van der Waals surface area contributed by atoms with Crippen LogP contribution in [0, 0.1) is 6.92 Å². The minimum absolute atomic E-state index is 0.131. The van der Waals surface area contributed by atoms with Crippen molar-refractivity contribution >= 4 is 18.4 Å². The van der Waals surface area contributed by atoms with Crippen LogP contribution in [0.4, 0.5) is 5.82 Å². The number of hydrogen-bond acceptors (Lipinski definition) is 5. The van der Waals surface area contributed by atoms with Crippen LogP contribution < -0.4 is 10.2 Å². The molecule has 1 N–H and O–H groups in total. The molecule has 1 saturated carbocycles. The summed E-state index contributed by atoms with van der Waals surface area (Å²) in [6.45, 7) is 11.5. The smallest absolute Gasteiger partial charge is 0.162 e. The van der Waals surface area contributed by atoms with Gasteiger partial charge in [0.25, 0.3) is 0 Å². The van der Waals surface area contributed by atoms with Gasteiger partial charge in [0.2, 0.25) is 0 Å². The maximum atomic E-state index is 5.92. The number of allylic oxidation sites excluding steroid dienone is 2. The minimum Gasteiger partial charge on any atom is -0.378 e. The summed E-state index contributed by atoms with van der Waals surface area (Å²) >= 11 is 0. The first-order chi connectivity index (χ1) is 14.5. The number of ether oxygens (including phenoxy) is 1. The van der Waals surface area contributed by atoms with E-state index < -0.39 is 0 Å². The van der Waals surface area contributed by atoms with E-state index in [4.69, 9.17) is 9.72 Å². The first kappa shape index (κ1) is 22.6. The highest BCUT2D eigenvalue weighted by Gasteiger charge is 2.32. The summed E-state index contributed by atoms with van der Waals surface area (Å²) in [6.07, 6.45) is 11.7. The molecule has 0 aromatic carbocycles. The fraction of sp³-hybridized carbons (Fsp3) is 0.625. The van der Waals surface area contributed by atoms with Gasteiger partial charge in [0.1, 0.15) is 5.82 Å². The molecule has 2 unspecified atom stereocenters. The normalized spacial score (nSPS) is 24.2. The Kier molecular flexibility index (Phi) is 8.16. The van der Waals surface area contributed by atoms with Gasteiger partial charge in [-0.3, -0.25) is 0 Å². The quantitative estimate of drug-likeness (QED) is 0.561. The van der Waals surface area contributed by atoms with Crippen LogP contribution in [0.25, 0.3) is 0 Å². The highest BCUT2D eigenvalue weighted by Crippen LogP contribution is 2.27. The van der Waals surface area contributed by atoms with E-state index in [-0.39, 0.29) is 6.10 Å². The number of hydrogen-bond donors (Lipinski definition) is 1. The molecule has 2 heterocycles. The van der Waals surface area contributed by atoms with Gasteiger partial charge in [-0.15, -0.1) is 0 Å². The Balaban J connectivity index is 1.81. The molecule has 1 aliphatic carbocycles. The number of aromatic nitrogens is 1. The molecule has 2 aliphatic rings. The standard InChI is InChI=1S/C24H37N5O/c1-6-18(3)27-23(25-4)20-14-17(2)15-26-24(20)29-13-12-21(22(16-29)30-5)28-19-10-8-7-9-11-19/h6,14-15,19,21-22,28H,4,7-13,16H2,1-3,5H3/b18-6-,27-23?. The number of rotatable bonds is 6. The molecule has 0 radical (unpaired) electrons. The molecule has 6 nitrogen and oxygen atoms in total. The Hall–Kier alpha value is -2.05. The third-order valence-corrected chi connectivity index (χ3v) is 6.31. The van der Waals surface area contributed by atoms with Gasteiger partial charge >= 0.3 is 0 Å². The molecule has 30 heavy (non-hydrogen) atoms. The van der Waals surface area contributed by atoms with E-state index in [1.807, 2.05) is 40.2 Å². The molecule has 0 amide bonds. The van der Waals surface area contributed by atoms with Crippen molar-refractivity contribution in [3.05, 3.63) is 35.2 Å². The fourth-order valence-electron chi connectivity index (χ4n) is 4.50. The third kappa shape index (κ3) is 5.55. The second-order valence-electron chi connectivity index (χ2n) is 8.52. The SMILES string of the molecule is C=NC(=N/C(C)=C\C)c1cc(C)cnc1N1CCC(NC2CCCCC2)C(OC)C1. The molecule has 2 atom stereocenters. The van der Waals surface area contributed by atoms with Crippen molar-refractivity contribution in [2.24, 2.45) is 9.98 Å². The zero-order valence-electron chi connectivity index (χ0n) is 19.0. The Morgan fingerprint density at radius 2 is 2.07 bits per heavy atom. The highest BCUT2D eigenvalue weighted by atomic mass is 16.5. The topological polar surface area (TPSA) is 62.1 Å². The molecule has 1 aromatic rings. The molecule has 1 aromatic heterocycles. The van der Waals surface area contributed by atoms with E-state index in [0.717, 1.165) is 42.2 Å². The van der Waals surface area contributed by atoms with Gasteiger partial charge in [0, 0.05) is 44.2 Å². The second-order valence-corrected chi connectivity index (χ2v) is 8.52. The van der Waals surface area contributed by atoms with E-state index in [0.29, 0.717) is 17.9 Å². The maximum Gasteiger partial charge on any atom is 0.162 e. The molecule has 6 heteroatoms. The van der Waals surface area contributed by atoms with Crippen LogP contribution in [0.5, 0.6) is 0 Å². The number of methoxy groups -OCH3 is 1. The lowest BCUT2D eigenvalue weighted by atomic mass is 9.92. The summed E-state index contributed by atoms with van der Waals surface area (Å²) in [5, 5.41) is 3.89. The largest absolute Gasteiger partial charge is 0.378 e. The number of nitrogens with zero attached hydrogens (tertiary/aromatic N) is 4. The molecule has 1 saturated heterocycles. The van der Waals surface area contributed by atoms with Crippen LogP contribution in [0.3, 0.4) is 0 Å². The molecule has 2 fully saturated rings. The Morgan fingerprint density at radius 3 is 2.73 bits per heavy atom. The number of pyridine rings is 1. The van der Waals surface area contributed by atoms with Gasteiger partial charge in [0.05, 0.1) is 11.7 Å². The van der Waals surface area contributed by atoms with Gasteiger partial charge in [-0.1, -0.05) is 25.3 Å². The van der Waals surface area contributed by atoms with Crippen molar-refractivity contribution in [2.45, 2.75) is 77.5 Å². The summed E-state index contributed by atoms with van der Waals surface area (Å²) in [6, 6.07) is 3.13. The molecular weight excluding hydrogens is 374 g/mol. The summed E-state index contributed by atoms with van der Waals surface area (Å²) in [4.78, 5) is 16.0. The monoisotopic (exact) mass is 411 g/mol. The van der Waals surface area contributed by atoms with Crippen LogP contribution in [0.15, 0.2) is 34.0 Å². The summed E-state index contributed by atoms with van der Waals surface area (Å²) in [7, 11) is 1.82. The van der Waals surface area contributed by atoms with Crippen LogP contribution in [-0.4, -0.2) is 55.9 Å². The van der Waals surface area contributed by atoms with Crippen LogP contribution >= 0.6 is 0 Å². The van der Waals surface area contributed by atoms with Crippen molar-refractivity contribution in [3.63, 3.8) is 0 Å². The van der Waals surface area contributed by atoms with Crippen LogP contribution in [0.2, 0.25) is 0 Å². The van der Waals surface area contributed by atoms with Crippen molar-refractivity contribution < 1.29 is 4.74 Å². The molecule has 164 valence electrons. The highest BCUT2D eigenvalue weighted by molar-refractivity contribution is 6.05. The van der Waals surface area contributed by atoms with E-state index in [1.165, 1.54) is 32.1 Å². The average molecular weight is 412 g/mol. The van der Waals surface area contributed by atoms with Gasteiger partial charge in [-0.25, -0.2) is 15.0 Å². The van der Waals surface area contributed by atoms with Crippen molar-refractivity contribution in [3.8, 4) is 0 Å². The molecular formula is C24H37N5O. The van der Waals surface area contributed by atoms with Gasteiger partial charge < -0.3 is 15.0 Å². The van der Waals surface area contributed by atoms with Gasteiger partial charge in [0.15, 0.2) is 5.84 Å². The first-order valence-corrected chi connectivity index (χ1v) is 11.2. The number of anilines is 1. The van der Waals surface area contributed by atoms with Gasteiger partial charge in [-0.2, -0.15) is 0 Å². The number of aliphatic imine (C=N–C) groups is 2. The Bertz CT molecular complexity index is 782. The first-order valence-electron chi connectivity index (χ1n) is 11.2. The van der Waals surface area contributed by atoms with Crippen molar-refractivity contribution in [2.75, 3.05) is 25.1 Å². The van der Waals surface area contributed by atoms with Crippen LogP contribution in [0.1, 0.15) is 63.5 Å². The number of aryl methyl sites for hydroxylation is 1. The number of nitrogens with one attached hydrogen (secondary N) is 1. The van der Waals surface area contributed by atoms with Crippen LogP contribution in [-0.2, 0) is 4.74 Å². The second kappa shape index (κ2) is 10.8. The molecule has 0 spiro atoms. The lowest BCUT2D eigenvalue weighted by Gasteiger charge is -2.41. The third-order valence-electron chi connectivity index (χ3n) is 6.31. The van der Waals surface area contributed by atoms with Crippen molar-refractivity contribution in [1.29, 1.82) is 0 Å². The zero-order valence-corrected chi connectivity index (χ0v) is 19.0. The number of amidine groups is 1. The van der Waals surface area contributed by atoms with Crippen molar-refractivity contribution in [1.82, 2.24) is 10.3 Å². The summed E-state index contributed by atoms with van der Waals surface area (Å²) in [5.74, 6) is 1.53. The average Bonchev–Trinajstić information content (AvgIpc) is 2.78. The molecule has 1 aliphatic heterocycles. The van der Waals surface area contributed by atoms with E-state index >= 15 is 0 Å². The molecule has 3 rings (SSSR count). The van der Waals surface area contributed by atoms with E-state index in [2.05, 4.69) is 33.0 Å². The predicted octanol–water partition coefficient (Wildman–Crippen LogP) is 4.28.